The van der Waals surface area contributed by atoms with Gasteiger partial charge in [-0.3, -0.25) is 0 Å². The second-order valence-corrected chi connectivity index (χ2v) is 10.1. The summed E-state index contributed by atoms with van der Waals surface area (Å²) in [5.74, 6) is -1.20. The summed E-state index contributed by atoms with van der Waals surface area (Å²) < 4.78 is 5.62. The molecule has 1 atom stereocenters. The number of rotatable bonds is 6. The number of fused-ring (bicyclic) bond motifs is 3. The minimum atomic E-state index is -1.13. The number of hydrogen-bond acceptors (Lipinski definition) is 3. The van der Waals surface area contributed by atoms with E-state index in [0.717, 1.165) is 54.7 Å². The molecule has 0 aromatic heterocycles. The van der Waals surface area contributed by atoms with Gasteiger partial charge in [-0.1, -0.05) is 103 Å². The molecule has 0 saturated carbocycles. The summed E-state index contributed by atoms with van der Waals surface area (Å²) in [4.78, 5) is 25.1. The third kappa shape index (κ3) is 3.86. The van der Waals surface area contributed by atoms with Gasteiger partial charge in [-0.15, -0.1) is 0 Å². The van der Waals surface area contributed by atoms with Crippen LogP contribution in [-0.2, 0) is 16.0 Å². The monoisotopic (exact) mass is 511 g/mol. The van der Waals surface area contributed by atoms with E-state index in [1.54, 1.807) is 0 Å². The Morgan fingerprint density at radius 1 is 0.718 bits per heavy atom. The Kier molecular flexibility index (Phi) is 5.44. The van der Waals surface area contributed by atoms with Crippen LogP contribution < -0.4 is 5.32 Å². The molecule has 6 aromatic rings. The van der Waals surface area contributed by atoms with E-state index in [1.165, 1.54) is 5.39 Å². The van der Waals surface area contributed by atoms with Gasteiger partial charge in [0.2, 0.25) is 0 Å². The van der Waals surface area contributed by atoms with E-state index >= 15 is 0 Å². The normalized spacial score (nSPS) is 13.4. The van der Waals surface area contributed by atoms with Gasteiger partial charge in [0, 0.05) is 12.3 Å². The molecule has 39 heavy (non-hydrogen) atoms. The number of amides is 1. The van der Waals surface area contributed by atoms with E-state index in [4.69, 9.17) is 4.74 Å². The molecule has 5 heteroatoms. The van der Waals surface area contributed by atoms with Crippen molar-refractivity contribution in [1.82, 2.24) is 5.32 Å². The Morgan fingerprint density at radius 3 is 1.97 bits per heavy atom. The number of hydrogen-bond donors (Lipinski definition) is 2. The van der Waals surface area contributed by atoms with E-state index in [0.29, 0.717) is 0 Å². The van der Waals surface area contributed by atoms with E-state index in [9.17, 15) is 14.7 Å². The second-order valence-electron chi connectivity index (χ2n) is 10.1. The second kappa shape index (κ2) is 9.14. The van der Waals surface area contributed by atoms with Gasteiger partial charge in [0.25, 0.3) is 0 Å². The lowest BCUT2D eigenvalue weighted by Crippen LogP contribution is -2.43. The summed E-state index contributed by atoms with van der Waals surface area (Å²) in [5, 5.41) is 19.3. The van der Waals surface area contributed by atoms with Gasteiger partial charge in [0.1, 0.15) is 12.6 Å². The molecule has 0 saturated heterocycles. The molecule has 190 valence electrons. The van der Waals surface area contributed by atoms with Crippen molar-refractivity contribution in [2.75, 3.05) is 6.61 Å². The average Bonchev–Trinajstić information content (AvgIpc) is 3.28. The molecular weight excluding hydrogens is 486 g/mol. The summed E-state index contributed by atoms with van der Waals surface area (Å²) in [5.41, 5.74) is 5.36. The summed E-state index contributed by atoms with van der Waals surface area (Å²) in [7, 11) is 0. The van der Waals surface area contributed by atoms with Gasteiger partial charge in [-0.25, -0.2) is 9.59 Å². The van der Waals surface area contributed by atoms with Gasteiger partial charge >= 0.3 is 12.1 Å². The van der Waals surface area contributed by atoms with Gasteiger partial charge in [0.15, 0.2) is 0 Å². The predicted octanol–water partition coefficient (Wildman–Crippen LogP) is 7.12. The van der Waals surface area contributed by atoms with Crippen LogP contribution in [0.2, 0.25) is 0 Å². The van der Waals surface area contributed by atoms with E-state index in [-0.39, 0.29) is 18.9 Å². The fraction of sp³-hybridized carbons (Fsp3) is 0.118. The van der Waals surface area contributed by atoms with Crippen molar-refractivity contribution in [2.45, 2.75) is 18.4 Å². The Bertz CT molecular complexity index is 1830. The summed E-state index contributed by atoms with van der Waals surface area (Å²) >= 11 is 0. The van der Waals surface area contributed by atoms with Crippen LogP contribution in [0, 0.1) is 0 Å². The van der Waals surface area contributed by atoms with Crippen LogP contribution in [0.15, 0.2) is 103 Å². The quantitative estimate of drug-likeness (QED) is 0.234. The molecular formula is C34H25NO4. The highest BCUT2D eigenvalue weighted by Crippen LogP contribution is 2.44. The van der Waals surface area contributed by atoms with Crippen LogP contribution in [0.3, 0.4) is 0 Å². The Morgan fingerprint density at radius 2 is 1.31 bits per heavy atom. The Labute approximate surface area is 225 Å². The van der Waals surface area contributed by atoms with Gasteiger partial charge in [0.05, 0.1) is 0 Å². The number of carbonyl (C=O) groups excluding carboxylic acids is 1. The van der Waals surface area contributed by atoms with E-state index < -0.39 is 18.1 Å². The lowest BCUT2D eigenvalue weighted by atomic mass is 9.90. The predicted molar refractivity (Wildman–Crippen MR) is 153 cm³/mol. The number of aliphatic carboxylic acids is 1. The first kappa shape index (κ1) is 23.2. The molecule has 1 aliphatic carbocycles. The molecule has 6 aromatic carbocycles. The van der Waals surface area contributed by atoms with Gasteiger partial charge < -0.3 is 15.2 Å². The van der Waals surface area contributed by atoms with Crippen LogP contribution in [-0.4, -0.2) is 29.8 Å². The third-order valence-corrected chi connectivity index (χ3v) is 7.98. The molecule has 0 aliphatic heterocycles. The molecule has 5 nitrogen and oxygen atoms in total. The number of nitrogens with one attached hydrogen (secondary N) is 1. The molecule has 0 spiro atoms. The number of ether oxygens (including phenoxy) is 1. The van der Waals surface area contributed by atoms with E-state index in [2.05, 4.69) is 59.9 Å². The molecule has 0 radical (unpaired) electrons. The van der Waals surface area contributed by atoms with Crippen molar-refractivity contribution in [1.29, 1.82) is 0 Å². The molecule has 7 rings (SSSR count). The maximum Gasteiger partial charge on any atom is 0.407 e. The number of carbonyl (C=O) groups is 2. The van der Waals surface area contributed by atoms with Crippen LogP contribution in [0.5, 0.6) is 0 Å². The minimum Gasteiger partial charge on any atom is -0.480 e. The summed E-state index contributed by atoms with van der Waals surface area (Å²) in [6.45, 7) is 0.130. The van der Waals surface area contributed by atoms with Crippen LogP contribution in [0.25, 0.3) is 43.4 Å². The topological polar surface area (TPSA) is 75.6 Å². The largest absolute Gasteiger partial charge is 0.480 e. The zero-order chi connectivity index (χ0) is 26.5. The first-order valence-corrected chi connectivity index (χ1v) is 13.1. The number of carboxylic acids is 1. The van der Waals surface area contributed by atoms with Crippen molar-refractivity contribution in [3.63, 3.8) is 0 Å². The molecule has 2 N–H and O–H groups in total. The smallest absolute Gasteiger partial charge is 0.407 e. The zero-order valence-electron chi connectivity index (χ0n) is 21.1. The highest BCUT2D eigenvalue weighted by Gasteiger charge is 2.30. The van der Waals surface area contributed by atoms with Crippen LogP contribution >= 0.6 is 0 Å². The lowest BCUT2D eigenvalue weighted by molar-refractivity contribution is -0.139. The number of benzene rings is 6. The maximum atomic E-state index is 12.9. The lowest BCUT2D eigenvalue weighted by Gasteiger charge is -2.19. The van der Waals surface area contributed by atoms with Crippen LogP contribution in [0.4, 0.5) is 4.79 Å². The first-order valence-electron chi connectivity index (χ1n) is 13.1. The van der Waals surface area contributed by atoms with Crippen molar-refractivity contribution in [2.24, 2.45) is 0 Å². The van der Waals surface area contributed by atoms with Crippen molar-refractivity contribution in [3.8, 4) is 11.1 Å². The van der Waals surface area contributed by atoms with E-state index in [1.807, 2.05) is 48.5 Å². The third-order valence-electron chi connectivity index (χ3n) is 7.98. The van der Waals surface area contributed by atoms with Gasteiger partial charge in [-0.05, 0) is 60.1 Å². The highest BCUT2D eigenvalue weighted by atomic mass is 16.5. The standard InChI is InChI=1S/C34H25NO4/c36-33(37)30(18-23-15-14-22-13-12-20-6-5-7-21-16-17-24(23)32(22)31(20)21)35-34(38)39-19-29-27-10-3-1-8-25(27)26-9-2-4-11-28(26)29/h1-17,29-30H,18-19H2,(H,35,38)(H,36,37). The summed E-state index contributed by atoms with van der Waals surface area (Å²) in [6.07, 6.45) is -0.588. The Hall–Kier alpha value is -4.90. The Balaban J connectivity index is 1.13. The van der Waals surface area contributed by atoms with Crippen molar-refractivity contribution >= 4 is 44.4 Å². The maximum absolute atomic E-state index is 12.9. The molecule has 1 aliphatic rings. The average molecular weight is 512 g/mol. The first-order chi connectivity index (χ1) is 19.1. The fourth-order valence-corrected chi connectivity index (χ4v) is 6.18. The van der Waals surface area contributed by atoms with Crippen molar-refractivity contribution < 1.29 is 19.4 Å². The molecule has 0 heterocycles. The van der Waals surface area contributed by atoms with Crippen LogP contribution in [0.1, 0.15) is 22.6 Å². The zero-order valence-corrected chi connectivity index (χ0v) is 21.1. The van der Waals surface area contributed by atoms with Gasteiger partial charge in [-0.2, -0.15) is 0 Å². The fourth-order valence-electron chi connectivity index (χ4n) is 6.18. The van der Waals surface area contributed by atoms with Crippen molar-refractivity contribution in [3.05, 3.63) is 120 Å². The molecule has 1 unspecified atom stereocenters. The number of carboxylic acid groups (broad SMARTS) is 1. The highest BCUT2D eigenvalue weighted by molar-refractivity contribution is 6.23. The molecule has 1 amide bonds. The molecule has 0 bridgehead atoms. The molecule has 0 fully saturated rings. The number of alkyl carbamates (subject to hydrolysis) is 1. The minimum absolute atomic E-state index is 0.0935. The SMILES string of the molecule is O=C(NC(Cc1ccc2ccc3cccc4ccc1c2c34)C(=O)O)OCC1c2ccccc2-c2ccccc21. The summed E-state index contributed by atoms with van der Waals surface area (Å²) in [6, 6.07) is 33.6.